The molecule has 3 rings (SSSR count). The Hall–Kier alpha value is -1.82. The Morgan fingerprint density at radius 1 is 1.29 bits per heavy atom. The molecule has 1 aromatic heterocycles. The summed E-state index contributed by atoms with van der Waals surface area (Å²) >= 11 is 0. The van der Waals surface area contributed by atoms with Crippen molar-refractivity contribution in [2.24, 2.45) is 0 Å². The summed E-state index contributed by atoms with van der Waals surface area (Å²) in [7, 11) is 0. The maximum Gasteiger partial charge on any atom is 0.416 e. The molecular weight excluding hydrogens is 281 g/mol. The predicted molar refractivity (Wildman–Crippen MR) is 74.5 cm³/mol. The van der Waals surface area contributed by atoms with E-state index >= 15 is 0 Å². The molecule has 1 fully saturated rings. The molecule has 0 amide bonds. The summed E-state index contributed by atoms with van der Waals surface area (Å²) in [6.45, 7) is 2.28. The van der Waals surface area contributed by atoms with Crippen molar-refractivity contribution in [3.05, 3.63) is 36.0 Å². The van der Waals surface area contributed by atoms with Gasteiger partial charge in [-0.3, -0.25) is 4.98 Å². The Morgan fingerprint density at radius 3 is 2.86 bits per heavy atom. The van der Waals surface area contributed by atoms with E-state index in [2.05, 4.69) is 4.98 Å². The first-order valence-corrected chi connectivity index (χ1v) is 6.74. The van der Waals surface area contributed by atoms with E-state index in [1.165, 1.54) is 0 Å². The SMILES string of the molecule is Cc1ccc2nccc(N3CCOC(C(F)(F)F)C3)c2c1. The highest BCUT2D eigenvalue weighted by atomic mass is 19.4. The lowest BCUT2D eigenvalue weighted by Gasteiger charge is -2.35. The lowest BCUT2D eigenvalue weighted by atomic mass is 10.1. The molecule has 1 saturated heterocycles. The maximum atomic E-state index is 12.8. The fourth-order valence-corrected chi connectivity index (χ4v) is 2.59. The van der Waals surface area contributed by atoms with E-state index in [0.29, 0.717) is 6.54 Å². The number of alkyl halides is 3. The Bertz CT molecular complexity index is 657. The van der Waals surface area contributed by atoms with Gasteiger partial charge in [-0.25, -0.2) is 0 Å². The van der Waals surface area contributed by atoms with Gasteiger partial charge in [-0.2, -0.15) is 13.2 Å². The molecule has 21 heavy (non-hydrogen) atoms. The van der Waals surface area contributed by atoms with Crippen LogP contribution in [0.4, 0.5) is 18.9 Å². The van der Waals surface area contributed by atoms with Crippen LogP contribution < -0.4 is 4.90 Å². The van der Waals surface area contributed by atoms with Gasteiger partial charge in [0.15, 0.2) is 6.10 Å². The van der Waals surface area contributed by atoms with Crippen molar-refractivity contribution in [3.8, 4) is 0 Å². The molecule has 0 aliphatic carbocycles. The van der Waals surface area contributed by atoms with E-state index in [9.17, 15) is 13.2 Å². The van der Waals surface area contributed by atoms with Crippen LogP contribution in [0.2, 0.25) is 0 Å². The summed E-state index contributed by atoms with van der Waals surface area (Å²) in [6, 6.07) is 7.54. The van der Waals surface area contributed by atoms with Crippen LogP contribution in [0.5, 0.6) is 0 Å². The molecule has 6 heteroatoms. The van der Waals surface area contributed by atoms with E-state index < -0.39 is 12.3 Å². The molecule has 1 aromatic carbocycles. The average Bonchev–Trinajstić information content (AvgIpc) is 2.46. The highest BCUT2D eigenvalue weighted by Crippen LogP contribution is 2.31. The van der Waals surface area contributed by atoms with Gasteiger partial charge in [-0.1, -0.05) is 11.6 Å². The number of morpholine rings is 1. The van der Waals surface area contributed by atoms with Crippen LogP contribution in [-0.4, -0.2) is 37.0 Å². The van der Waals surface area contributed by atoms with Crippen molar-refractivity contribution >= 4 is 16.6 Å². The van der Waals surface area contributed by atoms with Gasteiger partial charge in [-0.15, -0.1) is 0 Å². The van der Waals surface area contributed by atoms with Crippen LogP contribution in [0.3, 0.4) is 0 Å². The molecule has 0 radical (unpaired) electrons. The fourth-order valence-electron chi connectivity index (χ4n) is 2.59. The van der Waals surface area contributed by atoms with Gasteiger partial charge in [0.05, 0.1) is 18.7 Å². The van der Waals surface area contributed by atoms with Crippen LogP contribution in [0.15, 0.2) is 30.5 Å². The second-order valence-electron chi connectivity index (χ2n) is 5.20. The molecule has 112 valence electrons. The lowest BCUT2D eigenvalue weighted by Crippen LogP contribution is -2.49. The first-order valence-electron chi connectivity index (χ1n) is 6.74. The summed E-state index contributed by atoms with van der Waals surface area (Å²) in [5.74, 6) is 0. The molecule has 1 atom stereocenters. The summed E-state index contributed by atoms with van der Waals surface area (Å²) in [4.78, 5) is 5.99. The molecule has 1 aliphatic rings. The van der Waals surface area contributed by atoms with Crippen molar-refractivity contribution in [1.82, 2.24) is 4.98 Å². The number of aromatic nitrogens is 1. The van der Waals surface area contributed by atoms with Gasteiger partial charge in [0.2, 0.25) is 0 Å². The second kappa shape index (κ2) is 5.18. The number of aryl methyl sites for hydroxylation is 1. The summed E-state index contributed by atoms with van der Waals surface area (Å²) in [5, 5.41) is 0.875. The molecule has 0 N–H and O–H groups in total. The third-order valence-corrected chi connectivity index (χ3v) is 3.65. The summed E-state index contributed by atoms with van der Waals surface area (Å²) in [5.41, 5.74) is 2.62. The summed E-state index contributed by atoms with van der Waals surface area (Å²) < 4.78 is 43.4. The van der Waals surface area contributed by atoms with Crippen molar-refractivity contribution < 1.29 is 17.9 Å². The normalized spacial score (nSPS) is 20.0. The topological polar surface area (TPSA) is 25.4 Å². The standard InChI is InChI=1S/C15H15F3N2O/c1-10-2-3-12-11(8-10)13(4-5-19-12)20-6-7-21-14(9-20)15(16,17)18/h2-5,8,14H,6-7,9H2,1H3. The zero-order valence-corrected chi connectivity index (χ0v) is 11.5. The van der Waals surface area contributed by atoms with E-state index in [0.717, 1.165) is 22.2 Å². The number of hydrogen-bond acceptors (Lipinski definition) is 3. The number of pyridine rings is 1. The number of ether oxygens (including phenoxy) is 1. The number of anilines is 1. The fraction of sp³-hybridized carbons (Fsp3) is 0.400. The Labute approximate surface area is 120 Å². The van der Waals surface area contributed by atoms with Crippen LogP contribution in [0.1, 0.15) is 5.56 Å². The van der Waals surface area contributed by atoms with Crippen LogP contribution in [0, 0.1) is 6.92 Å². The average molecular weight is 296 g/mol. The highest BCUT2D eigenvalue weighted by Gasteiger charge is 2.43. The van der Waals surface area contributed by atoms with Gasteiger partial charge in [0.1, 0.15) is 0 Å². The number of rotatable bonds is 1. The minimum atomic E-state index is -4.34. The van der Waals surface area contributed by atoms with Gasteiger partial charge >= 0.3 is 6.18 Å². The van der Waals surface area contributed by atoms with Crippen molar-refractivity contribution in [1.29, 1.82) is 0 Å². The van der Waals surface area contributed by atoms with E-state index in [1.54, 1.807) is 17.2 Å². The summed E-state index contributed by atoms with van der Waals surface area (Å²) in [6.07, 6.45) is -4.44. The zero-order valence-electron chi connectivity index (χ0n) is 11.5. The molecule has 3 nitrogen and oxygen atoms in total. The maximum absolute atomic E-state index is 12.8. The third-order valence-electron chi connectivity index (χ3n) is 3.65. The number of hydrogen-bond donors (Lipinski definition) is 0. The molecular formula is C15H15F3N2O. The van der Waals surface area contributed by atoms with Crippen molar-refractivity contribution in [3.63, 3.8) is 0 Å². The highest BCUT2D eigenvalue weighted by molar-refractivity contribution is 5.92. The monoisotopic (exact) mass is 296 g/mol. The molecule has 2 aromatic rings. The quantitative estimate of drug-likeness (QED) is 0.807. The van der Waals surface area contributed by atoms with E-state index in [1.807, 2.05) is 25.1 Å². The molecule has 2 heterocycles. The zero-order chi connectivity index (χ0) is 15.0. The van der Waals surface area contributed by atoms with E-state index in [-0.39, 0.29) is 13.2 Å². The molecule has 1 aliphatic heterocycles. The first-order chi connectivity index (χ1) is 9.95. The van der Waals surface area contributed by atoms with Crippen molar-refractivity contribution in [2.45, 2.75) is 19.2 Å². The lowest BCUT2D eigenvalue weighted by molar-refractivity contribution is -0.221. The molecule has 0 spiro atoms. The van der Waals surface area contributed by atoms with Gasteiger partial charge in [-0.05, 0) is 25.1 Å². The Kier molecular flexibility index (Phi) is 3.49. The smallest absolute Gasteiger partial charge is 0.366 e. The number of nitrogens with zero attached hydrogens (tertiary/aromatic N) is 2. The number of fused-ring (bicyclic) bond motifs is 1. The van der Waals surface area contributed by atoms with Gasteiger partial charge in [0, 0.05) is 23.8 Å². The third kappa shape index (κ3) is 2.81. The molecule has 0 bridgehead atoms. The van der Waals surface area contributed by atoms with Gasteiger partial charge < -0.3 is 9.64 Å². The number of halogens is 3. The van der Waals surface area contributed by atoms with Crippen LogP contribution in [-0.2, 0) is 4.74 Å². The predicted octanol–water partition coefficient (Wildman–Crippen LogP) is 3.31. The molecule has 1 unspecified atom stereocenters. The van der Waals surface area contributed by atoms with Crippen LogP contribution >= 0.6 is 0 Å². The first kappa shape index (κ1) is 14.1. The minimum Gasteiger partial charge on any atom is -0.366 e. The molecule has 0 saturated carbocycles. The largest absolute Gasteiger partial charge is 0.416 e. The van der Waals surface area contributed by atoms with Gasteiger partial charge in [0.25, 0.3) is 0 Å². The Balaban J connectivity index is 1.98. The second-order valence-corrected chi connectivity index (χ2v) is 5.20. The van der Waals surface area contributed by atoms with Crippen LogP contribution in [0.25, 0.3) is 10.9 Å². The van der Waals surface area contributed by atoms with Crippen molar-refractivity contribution in [2.75, 3.05) is 24.6 Å². The minimum absolute atomic E-state index is 0.0693. The number of benzene rings is 1. The Morgan fingerprint density at radius 2 is 2.10 bits per heavy atom. The van der Waals surface area contributed by atoms with E-state index in [4.69, 9.17) is 4.74 Å².